The van der Waals surface area contributed by atoms with Gasteiger partial charge in [0.15, 0.2) is 11.6 Å². The number of likely N-dealkylation sites (tertiary alicyclic amines) is 1. The van der Waals surface area contributed by atoms with E-state index in [-0.39, 0.29) is 17.3 Å². The van der Waals surface area contributed by atoms with Crippen LogP contribution in [0, 0.1) is 11.6 Å². The highest BCUT2D eigenvalue weighted by molar-refractivity contribution is 7.89. The first-order valence-electron chi connectivity index (χ1n) is 8.17. The average molecular weight is 380 g/mol. The van der Waals surface area contributed by atoms with Crippen molar-refractivity contribution in [3.8, 4) is 0 Å². The van der Waals surface area contributed by atoms with Gasteiger partial charge in [0.05, 0.1) is 10.9 Å². The molecule has 138 valence electrons. The highest BCUT2D eigenvalue weighted by Gasteiger charge is 2.28. The molecular weight excluding hydrogens is 362 g/mol. The molecule has 1 saturated heterocycles. The second kappa shape index (κ2) is 7.51. The first-order valence-corrected chi connectivity index (χ1v) is 9.65. The number of nitrogens with zero attached hydrogens (tertiary/aromatic N) is 1. The number of sulfonamides is 1. The lowest BCUT2D eigenvalue weighted by molar-refractivity contribution is -0.127. The Morgan fingerprint density at radius 1 is 1.08 bits per heavy atom. The van der Waals surface area contributed by atoms with Gasteiger partial charge >= 0.3 is 0 Å². The number of amides is 1. The van der Waals surface area contributed by atoms with Crippen LogP contribution < -0.4 is 4.72 Å². The van der Waals surface area contributed by atoms with Gasteiger partial charge < -0.3 is 4.90 Å². The van der Waals surface area contributed by atoms with Crippen LogP contribution in [-0.4, -0.2) is 32.3 Å². The Kier molecular flexibility index (Phi) is 5.33. The summed E-state index contributed by atoms with van der Waals surface area (Å²) in [6, 6.07) is 10.5. The Balaban J connectivity index is 1.89. The van der Waals surface area contributed by atoms with Gasteiger partial charge in [0.1, 0.15) is 0 Å². The molecule has 8 heteroatoms. The highest BCUT2D eigenvalue weighted by Crippen LogP contribution is 2.22. The molecule has 0 saturated carbocycles. The van der Waals surface area contributed by atoms with E-state index in [0.29, 0.717) is 24.6 Å². The molecule has 1 aliphatic rings. The fourth-order valence-corrected chi connectivity index (χ4v) is 4.14. The molecule has 1 N–H and O–H groups in total. The van der Waals surface area contributed by atoms with Gasteiger partial charge in [0, 0.05) is 19.5 Å². The minimum absolute atomic E-state index is 0.0297. The molecule has 26 heavy (non-hydrogen) atoms. The zero-order valence-corrected chi connectivity index (χ0v) is 14.7. The first kappa shape index (κ1) is 18.5. The summed E-state index contributed by atoms with van der Waals surface area (Å²) in [5.74, 6) is -2.39. The van der Waals surface area contributed by atoms with Crippen LogP contribution >= 0.6 is 0 Å². The van der Waals surface area contributed by atoms with Crippen LogP contribution in [0.4, 0.5) is 8.78 Å². The summed E-state index contributed by atoms with van der Waals surface area (Å²) in [6.45, 7) is 0.737. The van der Waals surface area contributed by atoms with Crippen molar-refractivity contribution in [2.24, 2.45) is 0 Å². The van der Waals surface area contributed by atoms with Crippen LogP contribution in [0.5, 0.6) is 0 Å². The normalized spacial score (nSPS) is 16.1. The molecule has 2 aromatic carbocycles. The molecule has 0 aromatic heterocycles. The maximum Gasteiger partial charge on any atom is 0.241 e. The third-order valence-electron chi connectivity index (χ3n) is 4.28. The van der Waals surface area contributed by atoms with E-state index in [4.69, 9.17) is 0 Å². The standard InChI is InChI=1S/C18H18F2N2O3S/c19-15-9-8-14(11-16(15)20)26(24,25)21-17(13-5-2-1-3-6-13)12-22-10-4-7-18(22)23/h1-3,5-6,8-9,11,17,21H,4,7,10,12H2. The number of carbonyl (C=O) groups excluding carboxylic acids is 1. The molecule has 1 heterocycles. The van der Waals surface area contributed by atoms with E-state index >= 15 is 0 Å². The van der Waals surface area contributed by atoms with Crippen molar-refractivity contribution in [3.63, 3.8) is 0 Å². The summed E-state index contributed by atoms with van der Waals surface area (Å²) < 4.78 is 54.3. The topological polar surface area (TPSA) is 66.5 Å². The Bertz CT molecular complexity index is 904. The van der Waals surface area contributed by atoms with Gasteiger partial charge in [-0.05, 0) is 30.2 Å². The molecule has 0 radical (unpaired) electrons. The van der Waals surface area contributed by atoms with Crippen LogP contribution in [0.2, 0.25) is 0 Å². The first-order chi connectivity index (χ1) is 12.4. The summed E-state index contributed by atoms with van der Waals surface area (Å²) in [5, 5.41) is 0. The zero-order chi connectivity index (χ0) is 18.7. The van der Waals surface area contributed by atoms with Gasteiger partial charge in [-0.2, -0.15) is 0 Å². The number of nitrogens with one attached hydrogen (secondary N) is 1. The molecule has 0 bridgehead atoms. The predicted octanol–water partition coefficient (Wildman–Crippen LogP) is 2.61. The van der Waals surface area contributed by atoms with Crippen molar-refractivity contribution >= 4 is 15.9 Å². The summed E-state index contributed by atoms with van der Waals surface area (Å²) in [4.78, 5) is 13.1. The molecule has 3 rings (SSSR count). The van der Waals surface area contributed by atoms with Crippen LogP contribution in [0.3, 0.4) is 0 Å². The molecule has 0 spiro atoms. The summed E-state index contributed by atoms with van der Waals surface area (Å²) in [7, 11) is -4.10. The minimum Gasteiger partial charge on any atom is -0.341 e. The molecule has 0 aliphatic carbocycles. The highest BCUT2D eigenvalue weighted by atomic mass is 32.2. The van der Waals surface area contributed by atoms with Gasteiger partial charge in [-0.15, -0.1) is 0 Å². The Labute approximate surface area is 150 Å². The Hall–Kier alpha value is -2.32. The molecular formula is C18H18F2N2O3S. The number of benzene rings is 2. The van der Waals surface area contributed by atoms with Gasteiger partial charge in [-0.1, -0.05) is 30.3 Å². The second-order valence-electron chi connectivity index (χ2n) is 6.10. The van der Waals surface area contributed by atoms with E-state index in [0.717, 1.165) is 18.6 Å². The molecule has 1 atom stereocenters. The quantitative estimate of drug-likeness (QED) is 0.838. The monoisotopic (exact) mass is 380 g/mol. The zero-order valence-electron chi connectivity index (χ0n) is 13.9. The van der Waals surface area contributed by atoms with E-state index < -0.39 is 27.7 Å². The number of rotatable bonds is 6. The predicted molar refractivity (Wildman–Crippen MR) is 91.7 cm³/mol. The molecule has 2 aromatic rings. The average Bonchev–Trinajstić information content (AvgIpc) is 3.02. The Morgan fingerprint density at radius 2 is 1.81 bits per heavy atom. The molecule has 1 fully saturated rings. The van der Waals surface area contributed by atoms with Gasteiger partial charge in [0.25, 0.3) is 0 Å². The fourth-order valence-electron chi connectivity index (χ4n) is 2.91. The van der Waals surface area contributed by atoms with Crippen LogP contribution in [0.1, 0.15) is 24.4 Å². The summed E-state index contributed by atoms with van der Waals surface area (Å²) in [6.07, 6.45) is 1.17. The van der Waals surface area contributed by atoms with Crippen LogP contribution in [0.25, 0.3) is 0 Å². The fraction of sp³-hybridized carbons (Fsp3) is 0.278. The van der Waals surface area contributed by atoms with E-state index in [1.807, 2.05) is 0 Å². The number of carbonyl (C=O) groups is 1. The van der Waals surface area contributed by atoms with Crippen molar-refractivity contribution in [2.75, 3.05) is 13.1 Å². The minimum atomic E-state index is -4.10. The van der Waals surface area contributed by atoms with Gasteiger partial charge in [-0.3, -0.25) is 4.79 Å². The lowest BCUT2D eigenvalue weighted by Gasteiger charge is -2.25. The molecule has 1 unspecified atom stereocenters. The van der Waals surface area contributed by atoms with E-state index in [1.54, 1.807) is 35.2 Å². The van der Waals surface area contributed by atoms with Crippen molar-refractivity contribution < 1.29 is 22.0 Å². The van der Waals surface area contributed by atoms with E-state index in [1.165, 1.54) is 0 Å². The lowest BCUT2D eigenvalue weighted by atomic mass is 10.1. The smallest absolute Gasteiger partial charge is 0.241 e. The van der Waals surface area contributed by atoms with Crippen molar-refractivity contribution in [1.29, 1.82) is 0 Å². The third-order valence-corrected chi connectivity index (χ3v) is 5.74. The van der Waals surface area contributed by atoms with Gasteiger partial charge in [-0.25, -0.2) is 21.9 Å². The van der Waals surface area contributed by atoms with E-state index in [2.05, 4.69) is 4.72 Å². The maximum absolute atomic E-state index is 13.4. The van der Waals surface area contributed by atoms with Crippen LogP contribution in [0.15, 0.2) is 53.4 Å². The molecule has 1 amide bonds. The number of hydrogen-bond acceptors (Lipinski definition) is 3. The summed E-state index contributed by atoms with van der Waals surface area (Å²) >= 11 is 0. The third kappa shape index (κ3) is 4.08. The van der Waals surface area contributed by atoms with Gasteiger partial charge in [0.2, 0.25) is 15.9 Å². The number of hydrogen-bond donors (Lipinski definition) is 1. The largest absolute Gasteiger partial charge is 0.341 e. The lowest BCUT2D eigenvalue weighted by Crippen LogP contribution is -2.38. The van der Waals surface area contributed by atoms with E-state index in [9.17, 15) is 22.0 Å². The number of halogens is 2. The van der Waals surface area contributed by atoms with Crippen molar-refractivity contribution in [3.05, 3.63) is 65.7 Å². The maximum atomic E-state index is 13.4. The Morgan fingerprint density at radius 3 is 2.42 bits per heavy atom. The SMILES string of the molecule is O=C1CCCN1CC(NS(=O)(=O)c1ccc(F)c(F)c1)c1ccccc1. The second-order valence-corrected chi connectivity index (χ2v) is 7.82. The molecule has 5 nitrogen and oxygen atoms in total. The summed E-state index contributed by atoms with van der Waals surface area (Å²) in [5.41, 5.74) is 0.679. The van der Waals surface area contributed by atoms with Crippen molar-refractivity contribution in [2.45, 2.75) is 23.8 Å². The van der Waals surface area contributed by atoms with Crippen molar-refractivity contribution in [1.82, 2.24) is 9.62 Å². The van der Waals surface area contributed by atoms with Crippen LogP contribution in [-0.2, 0) is 14.8 Å². The molecule has 1 aliphatic heterocycles.